The molecule has 4 heteroatoms. The SMILES string of the molecule is C=CC[C@H](COC)OCC=NO. The smallest absolute Gasteiger partial charge is 0.0857 e. The van der Waals surface area contributed by atoms with Gasteiger partial charge in [-0.3, -0.25) is 0 Å². The summed E-state index contributed by atoms with van der Waals surface area (Å²) < 4.78 is 10.2. The van der Waals surface area contributed by atoms with Crippen molar-refractivity contribution in [3.05, 3.63) is 12.7 Å². The van der Waals surface area contributed by atoms with Crippen molar-refractivity contribution in [3.8, 4) is 0 Å². The van der Waals surface area contributed by atoms with Gasteiger partial charge in [-0.15, -0.1) is 6.58 Å². The molecule has 0 saturated heterocycles. The second kappa shape index (κ2) is 8.23. The van der Waals surface area contributed by atoms with Gasteiger partial charge in [-0.05, 0) is 6.42 Å². The van der Waals surface area contributed by atoms with Crippen molar-refractivity contribution >= 4 is 6.21 Å². The summed E-state index contributed by atoms with van der Waals surface area (Å²) in [5, 5.41) is 10.9. The van der Waals surface area contributed by atoms with E-state index in [-0.39, 0.29) is 6.10 Å². The maximum Gasteiger partial charge on any atom is 0.0857 e. The van der Waals surface area contributed by atoms with Crippen molar-refractivity contribution in [2.24, 2.45) is 5.16 Å². The molecule has 0 radical (unpaired) electrons. The van der Waals surface area contributed by atoms with Crippen molar-refractivity contribution in [1.82, 2.24) is 0 Å². The van der Waals surface area contributed by atoms with Crippen molar-refractivity contribution in [1.29, 1.82) is 0 Å². The Balaban J connectivity index is 3.54. The number of hydrogen-bond donors (Lipinski definition) is 1. The first-order chi connectivity index (χ1) is 5.85. The zero-order valence-electron chi connectivity index (χ0n) is 7.27. The van der Waals surface area contributed by atoms with Crippen LogP contribution in [0.15, 0.2) is 17.8 Å². The lowest BCUT2D eigenvalue weighted by Crippen LogP contribution is -2.19. The molecule has 0 amide bonds. The van der Waals surface area contributed by atoms with E-state index in [0.29, 0.717) is 13.2 Å². The maximum absolute atomic E-state index is 8.08. The fourth-order valence-corrected chi connectivity index (χ4v) is 0.768. The second-order valence-corrected chi connectivity index (χ2v) is 2.23. The summed E-state index contributed by atoms with van der Waals surface area (Å²) in [5.41, 5.74) is 0. The topological polar surface area (TPSA) is 51.0 Å². The van der Waals surface area contributed by atoms with E-state index in [9.17, 15) is 0 Å². The van der Waals surface area contributed by atoms with Gasteiger partial charge in [0.15, 0.2) is 0 Å². The minimum atomic E-state index is -0.00880. The van der Waals surface area contributed by atoms with Crippen LogP contribution in [0.25, 0.3) is 0 Å². The second-order valence-electron chi connectivity index (χ2n) is 2.23. The van der Waals surface area contributed by atoms with Crippen molar-refractivity contribution in [3.63, 3.8) is 0 Å². The number of methoxy groups -OCH3 is 1. The molecule has 12 heavy (non-hydrogen) atoms. The summed E-state index contributed by atoms with van der Waals surface area (Å²) in [6, 6.07) is 0. The Morgan fingerprint density at radius 3 is 2.92 bits per heavy atom. The van der Waals surface area contributed by atoms with Gasteiger partial charge >= 0.3 is 0 Å². The van der Waals surface area contributed by atoms with Crippen LogP contribution >= 0.6 is 0 Å². The molecule has 0 aliphatic heterocycles. The number of nitrogens with zero attached hydrogens (tertiary/aromatic N) is 1. The number of ether oxygens (including phenoxy) is 2. The minimum absolute atomic E-state index is 0.00880. The normalized spacial score (nSPS) is 13.4. The quantitative estimate of drug-likeness (QED) is 0.271. The average molecular weight is 173 g/mol. The predicted octanol–water partition coefficient (Wildman–Crippen LogP) is 1.05. The molecule has 1 N–H and O–H groups in total. The molecule has 0 rings (SSSR count). The van der Waals surface area contributed by atoms with E-state index >= 15 is 0 Å². The fraction of sp³-hybridized carbons (Fsp3) is 0.625. The van der Waals surface area contributed by atoms with E-state index in [0.717, 1.165) is 6.42 Å². The molecule has 0 saturated carbocycles. The molecule has 0 bridgehead atoms. The Bertz CT molecular complexity index is 136. The van der Waals surface area contributed by atoms with Gasteiger partial charge < -0.3 is 14.7 Å². The van der Waals surface area contributed by atoms with Crippen LogP contribution in [0.5, 0.6) is 0 Å². The first-order valence-electron chi connectivity index (χ1n) is 3.72. The van der Waals surface area contributed by atoms with Crippen molar-refractivity contribution in [2.45, 2.75) is 12.5 Å². The number of hydrogen-bond acceptors (Lipinski definition) is 4. The molecule has 0 unspecified atom stereocenters. The summed E-state index contributed by atoms with van der Waals surface area (Å²) in [4.78, 5) is 0. The van der Waals surface area contributed by atoms with Crippen molar-refractivity contribution < 1.29 is 14.7 Å². The van der Waals surface area contributed by atoms with Gasteiger partial charge in [-0.2, -0.15) is 0 Å². The summed E-state index contributed by atoms with van der Waals surface area (Å²) in [6.45, 7) is 4.40. The van der Waals surface area contributed by atoms with E-state index in [1.807, 2.05) is 0 Å². The van der Waals surface area contributed by atoms with Crippen LogP contribution < -0.4 is 0 Å². The van der Waals surface area contributed by atoms with Gasteiger partial charge in [-0.1, -0.05) is 11.2 Å². The van der Waals surface area contributed by atoms with Gasteiger partial charge in [0.25, 0.3) is 0 Å². The highest BCUT2D eigenvalue weighted by Gasteiger charge is 2.04. The molecule has 0 aromatic carbocycles. The zero-order valence-corrected chi connectivity index (χ0v) is 7.27. The Kier molecular flexibility index (Phi) is 7.63. The van der Waals surface area contributed by atoms with E-state index in [4.69, 9.17) is 14.7 Å². The van der Waals surface area contributed by atoms with Gasteiger partial charge in [0.2, 0.25) is 0 Å². The first-order valence-corrected chi connectivity index (χ1v) is 3.72. The summed E-state index contributed by atoms with van der Waals surface area (Å²) in [7, 11) is 1.61. The monoisotopic (exact) mass is 173 g/mol. The lowest BCUT2D eigenvalue weighted by atomic mass is 10.2. The highest BCUT2D eigenvalue weighted by Crippen LogP contribution is 1.98. The largest absolute Gasteiger partial charge is 0.411 e. The maximum atomic E-state index is 8.08. The van der Waals surface area contributed by atoms with Gasteiger partial charge in [0.1, 0.15) is 0 Å². The Morgan fingerprint density at radius 1 is 1.67 bits per heavy atom. The van der Waals surface area contributed by atoms with Crippen LogP contribution in [0, 0.1) is 0 Å². The molecule has 0 aliphatic rings. The summed E-state index contributed by atoms with van der Waals surface area (Å²) in [6.07, 6.45) is 3.77. The molecule has 1 atom stereocenters. The molecule has 4 nitrogen and oxygen atoms in total. The highest BCUT2D eigenvalue weighted by atomic mass is 16.5. The molecule has 0 aromatic rings. The van der Waals surface area contributed by atoms with Crippen LogP contribution in [0.3, 0.4) is 0 Å². The predicted molar refractivity (Wildman–Crippen MR) is 46.7 cm³/mol. The van der Waals surface area contributed by atoms with Crippen LogP contribution in [0.2, 0.25) is 0 Å². The molecular weight excluding hydrogens is 158 g/mol. The molecule has 0 aromatic heterocycles. The fourth-order valence-electron chi connectivity index (χ4n) is 0.768. The van der Waals surface area contributed by atoms with E-state index in [1.165, 1.54) is 6.21 Å². The van der Waals surface area contributed by atoms with E-state index in [1.54, 1.807) is 13.2 Å². The van der Waals surface area contributed by atoms with E-state index < -0.39 is 0 Å². The number of rotatable bonds is 7. The van der Waals surface area contributed by atoms with Gasteiger partial charge in [0.05, 0.1) is 25.5 Å². The van der Waals surface area contributed by atoms with Crippen LogP contribution in [0.4, 0.5) is 0 Å². The van der Waals surface area contributed by atoms with Gasteiger partial charge in [-0.25, -0.2) is 0 Å². The molecule has 0 heterocycles. The zero-order chi connectivity index (χ0) is 9.23. The minimum Gasteiger partial charge on any atom is -0.411 e. The van der Waals surface area contributed by atoms with E-state index in [2.05, 4.69) is 11.7 Å². The number of oxime groups is 1. The molecule has 0 aliphatic carbocycles. The summed E-state index contributed by atoms with van der Waals surface area (Å²) in [5.74, 6) is 0. The first kappa shape index (κ1) is 11.1. The third-order valence-electron chi connectivity index (χ3n) is 1.27. The molecule has 70 valence electrons. The van der Waals surface area contributed by atoms with Crippen LogP contribution in [-0.2, 0) is 9.47 Å². The Labute approximate surface area is 72.5 Å². The molecule has 0 fully saturated rings. The average Bonchev–Trinajstić information content (AvgIpc) is 2.06. The van der Waals surface area contributed by atoms with Crippen LogP contribution in [0.1, 0.15) is 6.42 Å². The standard InChI is InChI=1S/C8H15NO3/c1-3-4-8(7-11-2)12-6-5-9-10/h3,5,8,10H,1,4,6-7H2,2H3/t8-/m1/s1. The van der Waals surface area contributed by atoms with Crippen molar-refractivity contribution in [2.75, 3.05) is 20.3 Å². The third-order valence-corrected chi connectivity index (χ3v) is 1.27. The lowest BCUT2D eigenvalue weighted by molar-refractivity contribution is 0.0185. The van der Waals surface area contributed by atoms with Gasteiger partial charge in [0, 0.05) is 7.11 Å². The Morgan fingerprint density at radius 2 is 2.42 bits per heavy atom. The molecule has 0 spiro atoms. The molecular formula is C8H15NO3. The lowest BCUT2D eigenvalue weighted by Gasteiger charge is -2.12. The third kappa shape index (κ3) is 5.88. The Hall–Kier alpha value is -0.870. The highest BCUT2D eigenvalue weighted by molar-refractivity contribution is 5.57. The summed E-state index contributed by atoms with van der Waals surface area (Å²) >= 11 is 0. The van der Waals surface area contributed by atoms with Crippen LogP contribution in [-0.4, -0.2) is 37.8 Å².